The first kappa shape index (κ1) is 14.3. The fourth-order valence-electron chi connectivity index (χ4n) is 2.30. The molecule has 0 radical (unpaired) electrons. The minimum Gasteiger partial charge on any atom is -0.495 e. The molecule has 0 bridgehead atoms. The number of methoxy groups -OCH3 is 1. The summed E-state index contributed by atoms with van der Waals surface area (Å²) in [5, 5.41) is 0. The molecule has 106 valence electrons. The number of benzene rings is 1. The second-order valence-corrected chi connectivity index (χ2v) is 6.64. The van der Waals surface area contributed by atoms with Gasteiger partial charge in [0.2, 0.25) is 10.0 Å². The molecule has 1 saturated heterocycles. The highest BCUT2D eigenvalue weighted by atomic mass is 32.2. The Hall–Kier alpha value is -1.11. The van der Waals surface area contributed by atoms with Crippen LogP contribution < -0.4 is 4.74 Å². The van der Waals surface area contributed by atoms with Crippen LogP contribution in [-0.2, 0) is 14.8 Å². The van der Waals surface area contributed by atoms with Gasteiger partial charge in [-0.1, -0.05) is 12.1 Å². The first-order chi connectivity index (χ1) is 8.95. The maximum absolute atomic E-state index is 12.6. The van der Waals surface area contributed by atoms with Gasteiger partial charge in [-0.15, -0.1) is 0 Å². The van der Waals surface area contributed by atoms with Gasteiger partial charge in [0.25, 0.3) is 0 Å². The molecule has 0 aliphatic carbocycles. The number of hydrogen-bond acceptors (Lipinski definition) is 4. The van der Waals surface area contributed by atoms with E-state index in [0.717, 1.165) is 0 Å². The predicted molar refractivity (Wildman–Crippen MR) is 71.8 cm³/mol. The van der Waals surface area contributed by atoms with Gasteiger partial charge in [-0.25, -0.2) is 8.42 Å². The van der Waals surface area contributed by atoms with E-state index in [1.54, 1.807) is 24.3 Å². The van der Waals surface area contributed by atoms with E-state index < -0.39 is 10.0 Å². The molecule has 0 N–H and O–H groups in total. The van der Waals surface area contributed by atoms with Gasteiger partial charge >= 0.3 is 0 Å². The van der Waals surface area contributed by atoms with Gasteiger partial charge in [0.05, 0.1) is 19.3 Å². The van der Waals surface area contributed by atoms with Crippen molar-refractivity contribution in [3.8, 4) is 5.75 Å². The highest BCUT2D eigenvalue weighted by Crippen LogP contribution is 2.28. The summed E-state index contributed by atoms with van der Waals surface area (Å²) in [5.74, 6) is 0.370. The summed E-state index contributed by atoms with van der Waals surface area (Å²) in [6.45, 7) is 4.48. The molecule has 1 aromatic carbocycles. The summed E-state index contributed by atoms with van der Waals surface area (Å²) in [4.78, 5) is 0.207. The molecule has 0 unspecified atom stereocenters. The van der Waals surface area contributed by atoms with Crippen molar-refractivity contribution < 1.29 is 17.9 Å². The molecule has 2 atom stereocenters. The van der Waals surface area contributed by atoms with Crippen molar-refractivity contribution in [1.82, 2.24) is 4.31 Å². The number of sulfonamides is 1. The average molecular weight is 285 g/mol. The lowest BCUT2D eigenvalue weighted by atomic mass is 10.3. The highest BCUT2D eigenvalue weighted by Gasteiger charge is 2.33. The van der Waals surface area contributed by atoms with Gasteiger partial charge in [-0.05, 0) is 26.0 Å². The minimum absolute atomic E-state index is 0.103. The Morgan fingerprint density at radius 2 is 1.79 bits per heavy atom. The third kappa shape index (κ3) is 2.91. The zero-order valence-corrected chi connectivity index (χ0v) is 12.2. The van der Waals surface area contributed by atoms with E-state index in [2.05, 4.69) is 0 Å². The summed E-state index contributed by atoms with van der Waals surface area (Å²) < 4.78 is 37.5. The van der Waals surface area contributed by atoms with Crippen molar-refractivity contribution >= 4 is 10.0 Å². The molecule has 1 aromatic rings. The quantitative estimate of drug-likeness (QED) is 0.844. The van der Waals surface area contributed by atoms with Crippen LogP contribution in [0.15, 0.2) is 29.2 Å². The molecule has 5 nitrogen and oxygen atoms in total. The zero-order chi connectivity index (χ0) is 14.0. The van der Waals surface area contributed by atoms with E-state index in [0.29, 0.717) is 18.8 Å². The fraction of sp³-hybridized carbons (Fsp3) is 0.538. The molecule has 0 spiro atoms. The van der Waals surface area contributed by atoms with Crippen LogP contribution in [0.3, 0.4) is 0 Å². The number of nitrogens with zero attached hydrogens (tertiary/aromatic N) is 1. The Kier molecular flexibility index (Phi) is 4.13. The first-order valence-electron chi connectivity index (χ1n) is 6.23. The number of para-hydroxylation sites is 1. The molecule has 1 fully saturated rings. The zero-order valence-electron chi connectivity index (χ0n) is 11.4. The van der Waals surface area contributed by atoms with Crippen LogP contribution in [0.1, 0.15) is 13.8 Å². The lowest BCUT2D eigenvalue weighted by molar-refractivity contribution is -0.0441. The molecule has 1 aliphatic heterocycles. The van der Waals surface area contributed by atoms with Crippen molar-refractivity contribution in [2.24, 2.45) is 0 Å². The number of rotatable bonds is 3. The Labute approximate surface area is 114 Å². The third-order valence-electron chi connectivity index (χ3n) is 3.07. The third-order valence-corrected chi connectivity index (χ3v) is 4.94. The minimum atomic E-state index is -3.54. The van der Waals surface area contributed by atoms with Crippen molar-refractivity contribution in [3.05, 3.63) is 24.3 Å². The normalized spacial score (nSPS) is 25.2. The second-order valence-electron chi connectivity index (χ2n) is 4.73. The van der Waals surface area contributed by atoms with E-state index >= 15 is 0 Å². The topological polar surface area (TPSA) is 55.8 Å². The summed E-state index contributed by atoms with van der Waals surface area (Å²) in [7, 11) is -2.07. The number of hydrogen-bond donors (Lipinski definition) is 0. The SMILES string of the molecule is COc1ccccc1S(=O)(=O)N1C[C@@H](C)O[C@H](C)C1. The standard InChI is InChI=1S/C13H19NO4S/c1-10-8-14(9-11(2)18-10)19(15,16)13-7-5-4-6-12(13)17-3/h4-7,10-11H,8-9H2,1-3H3/t10-,11-/m1/s1. The first-order valence-corrected chi connectivity index (χ1v) is 7.67. The molecule has 0 amide bonds. The predicted octanol–water partition coefficient (Wildman–Crippen LogP) is 1.49. The molecule has 1 aliphatic rings. The highest BCUT2D eigenvalue weighted by molar-refractivity contribution is 7.89. The van der Waals surface area contributed by atoms with Gasteiger partial charge in [-0.2, -0.15) is 4.31 Å². The summed E-state index contributed by atoms with van der Waals surface area (Å²) in [5.41, 5.74) is 0. The van der Waals surface area contributed by atoms with Crippen molar-refractivity contribution in [3.63, 3.8) is 0 Å². The summed E-state index contributed by atoms with van der Waals surface area (Å²) in [6, 6.07) is 6.67. The van der Waals surface area contributed by atoms with Crippen molar-refractivity contribution in [2.45, 2.75) is 31.0 Å². The van der Waals surface area contributed by atoms with Crippen LogP contribution in [0.25, 0.3) is 0 Å². The number of morpholine rings is 1. The Bertz CT molecular complexity index is 533. The van der Waals surface area contributed by atoms with E-state index in [1.807, 2.05) is 13.8 Å². The van der Waals surface area contributed by atoms with Gasteiger partial charge in [0, 0.05) is 13.1 Å². The molecule has 6 heteroatoms. The molecular formula is C13H19NO4S. The van der Waals surface area contributed by atoms with E-state index in [4.69, 9.17) is 9.47 Å². The van der Waals surface area contributed by atoms with Gasteiger partial charge in [0.15, 0.2) is 0 Å². The van der Waals surface area contributed by atoms with E-state index in [9.17, 15) is 8.42 Å². The van der Waals surface area contributed by atoms with E-state index in [-0.39, 0.29) is 17.1 Å². The van der Waals surface area contributed by atoms with Crippen molar-refractivity contribution in [2.75, 3.05) is 20.2 Å². The van der Waals surface area contributed by atoms with Crippen LogP contribution in [0.4, 0.5) is 0 Å². The van der Waals surface area contributed by atoms with Crippen molar-refractivity contribution in [1.29, 1.82) is 0 Å². The van der Waals surface area contributed by atoms with Crippen LogP contribution >= 0.6 is 0 Å². The lowest BCUT2D eigenvalue weighted by Crippen LogP contribution is -2.48. The second kappa shape index (κ2) is 5.48. The van der Waals surface area contributed by atoms with Crippen LogP contribution in [0.5, 0.6) is 5.75 Å². The van der Waals surface area contributed by atoms with Gasteiger partial charge < -0.3 is 9.47 Å². The van der Waals surface area contributed by atoms with Crippen LogP contribution in [-0.4, -0.2) is 45.1 Å². The Balaban J connectivity index is 2.36. The summed E-state index contributed by atoms with van der Waals surface area (Å²) >= 11 is 0. The largest absolute Gasteiger partial charge is 0.495 e. The Morgan fingerprint density at radius 1 is 1.21 bits per heavy atom. The Morgan fingerprint density at radius 3 is 2.37 bits per heavy atom. The monoisotopic (exact) mass is 285 g/mol. The molecule has 0 saturated carbocycles. The van der Waals surface area contributed by atoms with Crippen LogP contribution in [0, 0.1) is 0 Å². The fourth-order valence-corrected chi connectivity index (χ4v) is 4.04. The molecule has 0 aromatic heterocycles. The van der Waals surface area contributed by atoms with E-state index in [1.165, 1.54) is 11.4 Å². The molecule has 19 heavy (non-hydrogen) atoms. The van der Waals surface area contributed by atoms with Gasteiger partial charge in [-0.3, -0.25) is 0 Å². The molecule has 1 heterocycles. The maximum Gasteiger partial charge on any atom is 0.246 e. The molecule has 2 rings (SSSR count). The maximum atomic E-state index is 12.6. The number of ether oxygens (including phenoxy) is 2. The molecular weight excluding hydrogens is 266 g/mol. The van der Waals surface area contributed by atoms with Gasteiger partial charge in [0.1, 0.15) is 10.6 Å². The van der Waals surface area contributed by atoms with Crippen LogP contribution in [0.2, 0.25) is 0 Å². The summed E-state index contributed by atoms with van der Waals surface area (Å²) in [6.07, 6.45) is -0.207. The average Bonchev–Trinajstić information content (AvgIpc) is 2.37. The smallest absolute Gasteiger partial charge is 0.246 e. The lowest BCUT2D eigenvalue weighted by Gasteiger charge is -2.34.